The minimum absolute atomic E-state index is 0.480. The van der Waals surface area contributed by atoms with Crippen molar-refractivity contribution in [3.63, 3.8) is 0 Å². The Kier molecular flexibility index (Phi) is 5.56. The van der Waals surface area contributed by atoms with Crippen LogP contribution in [0.2, 0.25) is 0 Å². The Balaban J connectivity index is 2.07. The van der Waals surface area contributed by atoms with Gasteiger partial charge in [0, 0.05) is 35.9 Å². The molecule has 0 amide bonds. The van der Waals surface area contributed by atoms with E-state index in [1.165, 1.54) is 10.6 Å². The molecule has 0 radical (unpaired) electrons. The molecule has 20 heavy (non-hydrogen) atoms. The number of hydrogen-bond acceptors (Lipinski definition) is 4. The van der Waals surface area contributed by atoms with Gasteiger partial charge in [0.25, 0.3) is 0 Å². The number of anilines is 1. The topological polar surface area (TPSA) is 28.2 Å². The highest BCUT2D eigenvalue weighted by Gasteiger charge is 2.07. The zero-order valence-electron chi connectivity index (χ0n) is 12.5. The second kappa shape index (κ2) is 7.41. The maximum absolute atomic E-state index is 4.44. The molecule has 0 aromatic carbocycles. The van der Waals surface area contributed by atoms with E-state index in [4.69, 9.17) is 0 Å². The second-order valence-corrected chi connectivity index (χ2v) is 6.17. The number of hydrogen-bond donors (Lipinski definition) is 1. The zero-order chi connectivity index (χ0) is 14.4. The second-order valence-electron chi connectivity index (χ2n) is 5.13. The van der Waals surface area contributed by atoms with Crippen LogP contribution < -0.4 is 10.2 Å². The molecular formula is C16H23N3S. The van der Waals surface area contributed by atoms with Crippen LogP contribution >= 0.6 is 11.3 Å². The van der Waals surface area contributed by atoms with Crippen molar-refractivity contribution in [3.05, 3.63) is 46.4 Å². The highest BCUT2D eigenvalue weighted by Crippen LogP contribution is 2.19. The van der Waals surface area contributed by atoms with E-state index in [0.29, 0.717) is 6.04 Å². The maximum Gasteiger partial charge on any atom is 0.0562 e. The minimum atomic E-state index is 0.480. The van der Waals surface area contributed by atoms with Crippen LogP contribution in [-0.2, 0) is 13.1 Å². The molecule has 0 fully saturated rings. The first kappa shape index (κ1) is 15.0. The van der Waals surface area contributed by atoms with E-state index < -0.39 is 0 Å². The fraction of sp³-hybridized carbons (Fsp3) is 0.438. The van der Waals surface area contributed by atoms with Crippen molar-refractivity contribution in [2.75, 3.05) is 11.4 Å². The normalized spacial score (nSPS) is 11.0. The smallest absolute Gasteiger partial charge is 0.0562 e. The maximum atomic E-state index is 4.44. The first-order chi connectivity index (χ1) is 9.69. The number of pyridine rings is 1. The number of nitrogens with one attached hydrogen (secondary N) is 1. The molecule has 0 unspecified atom stereocenters. The molecule has 4 heteroatoms. The lowest BCUT2D eigenvalue weighted by Crippen LogP contribution is -2.24. The summed E-state index contributed by atoms with van der Waals surface area (Å²) < 4.78 is 0. The lowest BCUT2D eigenvalue weighted by molar-refractivity contribution is 0.581. The van der Waals surface area contributed by atoms with E-state index in [-0.39, 0.29) is 0 Å². The van der Waals surface area contributed by atoms with Gasteiger partial charge in [0.05, 0.1) is 12.2 Å². The number of aromatic nitrogens is 1. The van der Waals surface area contributed by atoms with Crippen LogP contribution in [0, 0.1) is 0 Å². The van der Waals surface area contributed by atoms with E-state index >= 15 is 0 Å². The molecule has 0 saturated carbocycles. The molecule has 0 saturated heterocycles. The molecule has 0 aliphatic rings. The third-order valence-corrected chi connectivity index (χ3v) is 4.03. The predicted octanol–water partition coefficient (Wildman–Crippen LogP) is 3.67. The molecule has 108 valence electrons. The van der Waals surface area contributed by atoms with Crippen molar-refractivity contribution >= 4 is 17.0 Å². The summed E-state index contributed by atoms with van der Waals surface area (Å²) in [5.41, 5.74) is 2.34. The predicted molar refractivity (Wildman–Crippen MR) is 87.3 cm³/mol. The standard InChI is InChI=1S/C16H23N3S/c1-4-19(12-16-6-5-9-20-16)15-7-8-17-14(10-15)11-18-13(2)3/h5-10,13,18H,4,11-12H2,1-3H3. The summed E-state index contributed by atoms with van der Waals surface area (Å²) in [6.45, 7) is 9.29. The van der Waals surface area contributed by atoms with Gasteiger partial charge < -0.3 is 10.2 Å². The largest absolute Gasteiger partial charge is 0.367 e. The van der Waals surface area contributed by atoms with Gasteiger partial charge in [0.15, 0.2) is 0 Å². The Morgan fingerprint density at radius 1 is 1.35 bits per heavy atom. The fourth-order valence-corrected chi connectivity index (χ4v) is 2.76. The Morgan fingerprint density at radius 3 is 2.85 bits per heavy atom. The highest BCUT2D eigenvalue weighted by atomic mass is 32.1. The van der Waals surface area contributed by atoms with Gasteiger partial charge in [0.2, 0.25) is 0 Å². The first-order valence-corrected chi connectivity index (χ1v) is 8.02. The third-order valence-electron chi connectivity index (χ3n) is 3.17. The average molecular weight is 289 g/mol. The number of thiophene rings is 1. The quantitative estimate of drug-likeness (QED) is 0.843. The molecule has 0 atom stereocenters. The van der Waals surface area contributed by atoms with Crippen LogP contribution in [0.25, 0.3) is 0 Å². The number of rotatable bonds is 7. The third kappa shape index (κ3) is 4.32. The molecule has 2 aromatic heterocycles. The van der Waals surface area contributed by atoms with Crippen molar-refractivity contribution in [2.24, 2.45) is 0 Å². The summed E-state index contributed by atoms with van der Waals surface area (Å²) in [7, 11) is 0. The van der Waals surface area contributed by atoms with E-state index in [9.17, 15) is 0 Å². The molecule has 0 bridgehead atoms. The summed E-state index contributed by atoms with van der Waals surface area (Å²) in [4.78, 5) is 8.21. The van der Waals surface area contributed by atoms with Gasteiger partial charge >= 0.3 is 0 Å². The van der Waals surface area contributed by atoms with Crippen molar-refractivity contribution in [1.29, 1.82) is 0 Å². The molecule has 2 aromatic rings. The summed E-state index contributed by atoms with van der Waals surface area (Å²) >= 11 is 1.81. The van der Waals surface area contributed by atoms with E-state index in [1.807, 2.05) is 17.5 Å². The van der Waals surface area contributed by atoms with Crippen LogP contribution in [-0.4, -0.2) is 17.6 Å². The van der Waals surface area contributed by atoms with Crippen molar-refractivity contribution in [2.45, 2.75) is 39.9 Å². The van der Waals surface area contributed by atoms with Crippen LogP contribution in [0.4, 0.5) is 5.69 Å². The lowest BCUT2D eigenvalue weighted by atomic mass is 10.2. The van der Waals surface area contributed by atoms with Crippen molar-refractivity contribution in [1.82, 2.24) is 10.3 Å². The molecule has 2 rings (SSSR count). The van der Waals surface area contributed by atoms with Gasteiger partial charge in [-0.1, -0.05) is 19.9 Å². The average Bonchev–Trinajstić information content (AvgIpc) is 2.96. The molecule has 3 nitrogen and oxygen atoms in total. The Labute approximate surface area is 125 Å². The minimum Gasteiger partial charge on any atom is -0.367 e. The Morgan fingerprint density at radius 2 is 2.20 bits per heavy atom. The van der Waals surface area contributed by atoms with Crippen LogP contribution in [0.1, 0.15) is 31.3 Å². The monoisotopic (exact) mass is 289 g/mol. The van der Waals surface area contributed by atoms with Gasteiger partial charge in [-0.25, -0.2) is 0 Å². The molecule has 0 aliphatic heterocycles. The Hall–Kier alpha value is -1.39. The SMILES string of the molecule is CCN(Cc1cccs1)c1ccnc(CNC(C)C)c1. The van der Waals surface area contributed by atoms with Crippen LogP contribution in [0.3, 0.4) is 0 Å². The summed E-state index contributed by atoms with van der Waals surface area (Å²) in [5, 5.41) is 5.55. The van der Waals surface area contributed by atoms with Gasteiger partial charge in [-0.15, -0.1) is 11.3 Å². The number of nitrogens with zero attached hydrogens (tertiary/aromatic N) is 2. The molecule has 1 N–H and O–H groups in total. The van der Waals surface area contributed by atoms with Gasteiger partial charge in [-0.05, 0) is 30.5 Å². The lowest BCUT2D eigenvalue weighted by Gasteiger charge is -2.23. The molecular weight excluding hydrogens is 266 g/mol. The van der Waals surface area contributed by atoms with E-state index in [0.717, 1.165) is 25.3 Å². The van der Waals surface area contributed by atoms with Gasteiger partial charge in [-0.2, -0.15) is 0 Å². The zero-order valence-corrected chi connectivity index (χ0v) is 13.3. The summed E-state index contributed by atoms with van der Waals surface area (Å²) in [5.74, 6) is 0. The van der Waals surface area contributed by atoms with Crippen LogP contribution in [0.5, 0.6) is 0 Å². The van der Waals surface area contributed by atoms with Crippen LogP contribution in [0.15, 0.2) is 35.8 Å². The summed E-state index contributed by atoms with van der Waals surface area (Å²) in [6, 6.07) is 9.06. The Bertz CT molecular complexity index is 508. The van der Waals surface area contributed by atoms with E-state index in [2.05, 4.69) is 65.6 Å². The van der Waals surface area contributed by atoms with Gasteiger partial charge in [-0.3, -0.25) is 4.98 Å². The molecule has 0 spiro atoms. The van der Waals surface area contributed by atoms with E-state index in [1.54, 1.807) is 0 Å². The highest BCUT2D eigenvalue weighted by molar-refractivity contribution is 7.09. The van der Waals surface area contributed by atoms with Gasteiger partial charge in [0.1, 0.15) is 0 Å². The van der Waals surface area contributed by atoms with Crippen molar-refractivity contribution < 1.29 is 0 Å². The fourth-order valence-electron chi connectivity index (χ4n) is 2.04. The van der Waals surface area contributed by atoms with Crippen molar-refractivity contribution in [3.8, 4) is 0 Å². The first-order valence-electron chi connectivity index (χ1n) is 7.14. The molecule has 0 aliphatic carbocycles. The molecule has 2 heterocycles. The summed E-state index contributed by atoms with van der Waals surface area (Å²) in [6.07, 6.45) is 1.91.